The number of aromatic nitrogens is 5. The molecule has 0 bridgehead atoms. The van der Waals surface area contributed by atoms with Crippen LogP contribution in [0.15, 0.2) is 24.9 Å². The first-order valence-corrected chi connectivity index (χ1v) is 4.82. The van der Waals surface area contributed by atoms with Crippen LogP contribution in [0.3, 0.4) is 0 Å². The van der Waals surface area contributed by atoms with Crippen LogP contribution in [-0.2, 0) is 4.74 Å². The van der Waals surface area contributed by atoms with Crippen molar-refractivity contribution in [2.45, 2.75) is 6.92 Å². The fraction of sp³-hybridized carbons (Fsp3) is 0.222. The summed E-state index contributed by atoms with van der Waals surface area (Å²) in [6.45, 7) is 1.93. The number of rotatable bonds is 3. The Morgan fingerprint density at radius 1 is 1.41 bits per heavy atom. The summed E-state index contributed by atoms with van der Waals surface area (Å²) in [6, 6.07) is 0. The summed E-state index contributed by atoms with van der Waals surface area (Å²) < 4.78 is 10.9. The molecule has 2 rings (SSSR count). The van der Waals surface area contributed by atoms with E-state index in [0.717, 1.165) is 0 Å². The lowest BCUT2D eigenvalue weighted by Crippen LogP contribution is -2.10. The third-order valence-electron chi connectivity index (χ3n) is 1.71. The van der Waals surface area contributed by atoms with E-state index in [1.165, 1.54) is 29.5 Å². The quantitative estimate of drug-likeness (QED) is 0.719. The Labute approximate surface area is 96.2 Å². The molecule has 2 aromatic rings. The molecule has 0 unspecified atom stereocenters. The molecule has 8 nitrogen and oxygen atoms in total. The van der Waals surface area contributed by atoms with Crippen molar-refractivity contribution in [2.24, 2.45) is 0 Å². The Morgan fingerprint density at radius 2 is 2.29 bits per heavy atom. The number of ether oxygens (including phenoxy) is 2. The molecule has 0 aromatic carbocycles. The second-order valence-electron chi connectivity index (χ2n) is 2.85. The van der Waals surface area contributed by atoms with E-state index < -0.39 is 6.16 Å². The van der Waals surface area contributed by atoms with Crippen molar-refractivity contribution in [3.63, 3.8) is 0 Å². The maximum atomic E-state index is 11.0. The molecule has 0 fully saturated rings. The first-order valence-electron chi connectivity index (χ1n) is 4.82. The van der Waals surface area contributed by atoms with Crippen molar-refractivity contribution in [2.75, 3.05) is 6.61 Å². The Kier molecular flexibility index (Phi) is 3.24. The average Bonchev–Trinajstić information content (AvgIpc) is 2.79. The number of hydrogen-bond donors (Lipinski definition) is 0. The molecule has 88 valence electrons. The SMILES string of the molecule is CCOC(=O)Oc1cn(-c2nccnn2)cn1. The second-order valence-corrected chi connectivity index (χ2v) is 2.85. The molecule has 0 amide bonds. The molecule has 0 N–H and O–H groups in total. The molecule has 0 aliphatic carbocycles. The van der Waals surface area contributed by atoms with E-state index in [4.69, 9.17) is 4.74 Å². The van der Waals surface area contributed by atoms with Gasteiger partial charge >= 0.3 is 6.16 Å². The molecule has 2 aromatic heterocycles. The zero-order chi connectivity index (χ0) is 12.1. The maximum Gasteiger partial charge on any atom is 0.515 e. The minimum absolute atomic E-state index is 0.107. The third kappa shape index (κ3) is 2.74. The van der Waals surface area contributed by atoms with Gasteiger partial charge in [0.25, 0.3) is 5.95 Å². The summed E-state index contributed by atoms with van der Waals surface area (Å²) in [7, 11) is 0. The normalized spacial score (nSPS) is 9.94. The highest BCUT2D eigenvalue weighted by atomic mass is 16.7. The topological polar surface area (TPSA) is 92.0 Å². The van der Waals surface area contributed by atoms with E-state index in [1.54, 1.807) is 6.92 Å². The van der Waals surface area contributed by atoms with Gasteiger partial charge in [-0.3, -0.25) is 4.57 Å². The van der Waals surface area contributed by atoms with Crippen LogP contribution in [0.2, 0.25) is 0 Å². The predicted molar refractivity (Wildman–Crippen MR) is 54.6 cm³/mol. The predicted octanol–water partition coefficient (Wildman–Crippen LogP) is 0.593. The monoisotopic (exact) mass is 235 g/mol. The highest BCUT2D eigenvalue weighted by molar-refractivity contribution is 5.62. The molecular formula is C9H9N5O3. The number of carbonyl (C=O) groups excluding carboxylic acids is 1. The van der Waals surface area contributed by atoms with Gasteiger partial charge < -0.3 is 9.47 Å². The lowest BCUT2D eigenvalue weighted by molar-refractivity contribution is 0.103. The van der Waals surface area contributed by atoms with Crippen LogP contribution < -0.4 is 4.74 Å². The lowest BCUT2D eigenvalue weighted by Gasteiger charge is -1.99. The van der Waals surface area contributed by atoms with Crippen molar-refractivity contribution >= 4 is 6.16 Å². The zero-order valence-corrected chi connectivity index (χ0v) is 8.98. The van der Waals surface area contributed by atoms with Crippen LogP contribution in [0, 0.1) is 0 Å². The molecule has 17 heavy (non-hydrogen) atoms. The Morgan fingerprint density at radius 3 is 3.00 bits per heavy atom. The summed E-state index contributed by atoms with van der Waals surface area (Å²) in [4.78, 5) is 18.8. The molecule has 0 aliphatic rings. The molecule has 8 heteroatoms. The molecule has 2 heterocycles. The first-order chi connectivity index (χ1) is 8.29. The molecule has 0 aliphatic heterocycles. The highest BCUT2D eigenvalue weighted by Crippen LogP contribution is 2.09. The van der Waals surface area contributed by atoms with Crippen LogP contribution >= 0.6 is 0 Å². The summed E-state index contributed by atoms with van der Waals surface area (Å²) >= 11 is 0. The fourth-order valence-corrected chi connectivity index (χ4v) is 1.06. The largest absolute Gasteiger partial charge is 0.515 e. The van der Waals surface area contributed by atoms with Crippen molar-refractivity contribution < 1.29 is 14.3 Å². The Hall–Kier alpha value is -2.51. The van der Waals surface area contributed by atoms with Gasteiger partial charge in [0, 0.05) is 0 Å². The van der Waals surface area contributed by atoms with Crippen LogP contribution in [0.4, 0.5) is 4.79 Å². The summed E-state index contributed by atoms with van der Waals surface area (Å²) in [6.07, 6.45) is 5.01. The van der Waals surface area contributed by atoms with Crippen molar-refractivity contribution in [3.05, 3.63) is 24.9 Å². The highest BCUT2D eigenvalue weighted by Gasteiger charge is 2.09. The molecule has 0 atom stereocenters. The molecule has 0 radical (unpaired) electrons. The van der Waals surface area contributed by atoms with Gasteiger partial charge in [-0.1, -0.05) is 0 Å². The van der Waals surface area contributed by atoms with Gasteiger partial charge in [0.2, 0.25) is 5.88 Å². The van der Waals surface area contributed by atoms with Gasteiger partial charge in [0.05, 0.1) is 25.2 Å². The van der Waals surface area contributed by atoms with Crippen LogP contribution in [-0.4, -0.2) is 37.5 Å². The fourth-order valence-electron chi connectivity index (χ4n) is 1.06. The van der Waals surface area contributed by atoms with E-state index >= 15 is 0 Å². The van der Waals surface area contributed by atoms with Gasteiger partial charge in [0.1, 0.15) is 6.33 Å². The number of nitrogens with zero attached hydrogens (tertiary/aromatic N) is 5. The van der Waals surface area contributed by atoms with Gasteiger partial charge in [0.15, 0.2) is 0 Å². The molecular weight excluding hydrogens is 226 g/mol. The lowest BCUT2D eigenvalue weighted by atomic mass is 10.8. The first kappa shape index (κ1) is 11.0. The number of imidazole rings is 1. The molecule has 0 saturated carbocycles. The van der Waals surface area contributed by atoms with Gasteiger partial charge in [-0.2, -0.15) is 5.10 Å². The Bertz CT molecular complexity index is 498. The maximum absolute atomic E-state index is 11.0. The number of hydrogen-bond acceptors (Lipinski definition) is 7. The van der Waals surface area contributed by atoms with E-state index in [9.17, 15) is 4.79 Å². The van der Waals surface area contributed by atoms with Crippen LogP contribution in [0.1, 0.15) is 6.92 Å². The second kappa shape index (κ2) is 5.01. The Balaban J connectivity index is 2.09. The van der Waals surface area contributed by atoms with Gasteiger partial charge in [-0.25, -0.2) is 14.8 Å². The van der Waals surface area contributed by atoms with Crippen LogP contribution in [0.25, 0.3) is 5.95 Å². The van der Waals surface area contributed by atoms with E-state index in [0.29, 0.717) is 5.95 Å². The van der Waals surface area contributed by atoms with Crippen molar-refractivity contribution in [3.8, 4) is 11.8 Å². The standard InChI is InChI=1S/C9H9N5O3/c1-2-16-9(15)17-7-5-14(6-11-7)8-10-3-4-12-13-8/h3-6H,2H2,1H3. The van der Waals surface area contributed by atoms with E-state index in [2.05, 4.69) is 24.9 Å². The van der Waals surface area contributed by atoms with Gasteiger partial charge in [-0.15, -0.1) is 5.10 Å². The smallest absolute Gasteiger partial charge is 0.434 e. The zero-order valence-electron chi connectivity index (χ0n) is 8.98. The molecule has 0 saturated heterocycles. The van der Waals surface area contributed by atoms with E-state index in [-0.39, 0.29) is 12.5 Å². The van der Waals surface area contributed by atoms with Crippen molar-refractivity contribution in [1.29, 1.82) is 0 Å². The minimum Gasteiger partial charge on any atom is -0.434 e. The summed E-state index contributed by atoms with van der Waals surface area (Å²) in [5, 5.41) is 7.44. The number of carbonyl (C=O) groups is 1. The third-order valence-corrected chi connectivity index (χ3v) is 1.71. The average molecular weight is 235 g/mol. The molecule has 0 spiro atoms. The van der Waals surface area contributed by atoms with Crippen LogP contribution in [0.5, 0.6) is 5.88 Å². The summed E-state index contributed by atoms with van der Waals surface area (Å²) in [5.41, 5.74) is 0. The summed E-state index contributed by atoms with van der Waals surface area (Å²) in [5.74, 6) is 0.439. The minimum atomic E-state index is -0.801. The van der Waals surface area contributed by atoms with E-state index in [1.807, 2.05) is 0 Å². The van der Waals surface area contributed by atoms with Gasteiger partial charge in [-0.05, 0) is 6.92 Å². The van der Waals surface area contributed by atoms with Crippen molar-refractivity contribution in [1.82, 2.24) is 24.7 Å².